The van der Waals surface area contributed by atoms with E-state index in [1.54, 1.807) is 27.7 Å². The quantitative estimate of drug-likeness (QED) is 0.119. The molecule has 0 spiro atoms. The Bertz CT molecular complexity index is 598. The fourth-order valence-corrected chi connectivity index (χ4v) is 2.59. The molecule has 0 bridgehead atoms. The molecule has 0 aromatic heterocycles. The van der Waals surface area contributed by atoms with E-state index in [0.717, 1.165) is 0 Å². The van der Waals surface area contributed by atoms with Crippen molar-refractivity contribution in [3.63, 3.8) is 0 Å². The van der Waals surface area contributed by atoms with Gasteiger partial charge in [0.25, 0.3) is 0 Å². The monoisotopic (exact) mass is 451 g/mol. The van der Waals surface area contributed by atoms with E-state index >= 15 is 0 Å². The topological polar surface area (TPSA) is 226 Å². The fraction of sp³-hybridized carbons (Fsp3) is 0.778. The summed E-state index contributed by atoms with van der Waals surface area (Å²) in [6, 6.07) is -3.35. The van der Waals surface area contributed by atoms with Gasteiger partial charge in [0, 0.05) is 26.2 Å². The molecule has 31 heavy (non-hydrogen) atoms. The number of hydrogen-bond acceptors (Lipinski definition) is 9. The minimum absolute atomic E-state index is 0.0753. The van der Waals surface area contributed by atoms with Gasteiger partial charge in [-0.1, -0.05) is 27.7 Å². The number of rotatable bonds is 16. The zero-order valence-electron chi connectivity index (χ0n) is 18.0. The fourth-order valence-electron chi connectivity index (χ4n) is 2.59. The van der Waals surface area contributed by atoms with Crippen molar-refractivity contribution < 1.29 is 49.8 Å². The molecule has 0 aliphatic heterocycles. The van der Waals surface area contributed by atoms with Crippen LogP contribution < -0.4 is 16.0 Å². The third-order valence-corrected chi connectivity index (χ3v) is 4.48. The van der Waals surface area contributed by atoms with Gasteiger partial charge in [0.05, 0.1) is 0 Å². The van der Waals surface area contributed by atoms with Crippen molar-refractivity contribution in [1.82, 2.24) is 16.0 Å². The maximum absolute atomic E-state index is 11.2. The predicted octanol–water partition coefficient (Wildman–Crippen LogP) is -2.39. The molecule has 0 radical (unpaired) electrons. The van der Waals surface area contributed by atoms with E-state index in [-0.39, 0.29) is 13.1 Å². The van der Waals surface area contributed by atoms with Crippen LogP contribution in [0.3, 0.4) is 0 Å². The number of aliphatic hydroxyl groups is 2. The van der Waals surface area contributed by atoms with Gasteiger partial charge in [-0.15, -0.1) is 0 Å². The number of carboxylic acid groups (broad SMARTS) is 4. The first kappa shape index (κ1) is 28.7. The summed E-state index contributed by atoms with van der Waals surface area (Å²) < 4.78 is 0. The second-order valence-corrected chi connectivity index (χ2v) is 8.89. The molecule has 4 unspecified atom stereocenters. The van der Waals surface area contributed by atoms with Gasteiger partial charge in [-0.3, -0.25) is 9.59 Å². The van der Waals surface area contributed by atoms with Gasteiger partial charge in [0.15, 0.2) is 12.2 Å². The Morgan fingerprint density at radius 3 is 1.13 bits per heavy atom. The minimum Gasteiger partial charge on any atom is -0.480 e. The number of carbonyl (C=O) groups is 4. The van der Waals surface area contributed by atoms with Crippen LogP contribution in [0.2, 0.25) is 0 Å². The highest BCUT2D eigenvalue weighted by molar-refractivity contribution is 5.84. The lowest BCUT2D eigenvalue weighted by Gasteiger charge is -2.32. The molecular formula is C18H33N3O10. The number of aliphatic hydroxyl groups excluding tert-OH is 2. The molecule has 13 heteroatoms. The van der Waals surface area contributed by atoms with E-state index in [9.17, 15) is 29.4 Å². The minimum atomic E-state index is -2.10. The molecule has 0 aliphatic rings. The molecule has 9 N–H and O–H groups in total. The number of aliphatic carboxylic acids is 4. The summed E-state index contributed by atoms with van der Waals surface area (Å²) >= 11 is 0. The molecule has 0 saturated heterocycles. The summed E-state index contributed by atoms with van der Waals surface area (Å²) in [6.07, 6.45) is -4.20. The lowest BCUT2D eigenvalue weighted by Crippen LogP contribution is -2.54. The summed E-state index contributed by atoms with van der Waals surface area (Å²) in [5.74, 6) is -6.31. The van der Waals surface area contributed by atoms with Gasteiger partial charge in [-0.2, -0.15) is 0 Å². The molecule has 0 heterocycles. The van der Waals surface area contributed by atoms with Gasteiger partial charge in [0.2, 0.25) is 0 Å². The Kier molecular flexibility index (Phi) is 11.0. The summed E-state index contributed by atoms with van der Waals surface area (Å²) in [7, 11) is 0. The summed E-state index contributed by atoms with van der Waals surface area (Å²) in [4.78, 5) is 44.0. The van der Waals surface area contributed by atoms with Crippen LogP contribution >= 0.6 is 0 Å². The molecule has 4 atom stereocenters. The normalized spacial score (nSPS) is 16.2. The van der Waals surface area contributed by atoms with E-state index in [4.69, 9.17) is 20.4 Å². The molecule has 0 aromatic rings. The summed E-state index contributed by atoms with van der Waals surface area (Å²) in [5, 5.41) is 62.9. The Morgan fingerprint density at radius 2 is 0.903 bits per heavy atom. The van der Waals surface area contributed by atoms with Crippen LogP contribution in [-0.4, -0.2) is 105 Å². The Labute approximate surface area is 179 Å². The van der Waals surface area contributed by atoms with Gasteiger partial charge < -0.3 is 46.6 Å². The van der Waals surface area contributed by atoms with Crippen molar-refractivity contribution in [2.24, 2.45) is 10.8 Å². The van der Waals surface area contributed by atoms with Crippen LogP contribution in [0.1, 0.15) is 27.7 Å². The zero-order chi connectivity index (χ0) is 24.6. The molecule has 0 fully saturated rings. The van der Waals surface area contributed by atoms with Crippen molar-refractivity contribution in [1.29, 1.82) is 0 Å². The molecule has 180 valence electrons. The van der Waals surface area contributed by atoms with E-state index in [2.05, 4.69) is 16.0 Å². The van der Waals surface area contributed by atoms with Gasteiger partial charge in [-0.05, 0) is 10.8 Å². The van der Waals surface area contributed by atoms with Crippen molar-refractivity contribution in [3.8, 4) is 0 Å². The van der Waals surface area contributed by atoms with Crippen LogP contribution in [0.15, 0.2) is 0 Å². The maximum Gasteiger partial charge on any atom is 0.334 e. The van der Waals surface area contributed by atoms with Gasteiger partial charge in [0.1, 0.15) is 12.1 Å². The second-order valence-electron chi connectivity index (χ2n) is 8.89. The number of nitrogens with one attached hydrogen (secondary N) is 3. The molecule has 0 saturated carbocycles. The number of carboxylic acids is 4. The third kappa shape index (κ3) is 10.5. The number of hydrogen-bond donors (Lipinski definition) is 9. The van der Waals surface area contributed by atoms with Gasteiger partial charge >= 0.3 is 23.9 Å². The zero-order valence-corrected chi connectivity index (χ0v) is 18.0. The van der Waals surface area contributed by atoms with Crippen molar-refractivity contribution in [2.45, 2.75) is 52.0 Å². The molecule has 0 rings (SSSR count). The summed E-state index contributed by atoms with van der Waals surface area (Å²) in [6.45, 7) is 8.01. The first-order valence-corrected chi connectivity index (χ1v) is 9.45. The molecule has 0 aromatic carbocycles. The van der Waals surface area contributed by atoms with E-state index in [1.165, 1.54) is 0 Å². The lowest BCUT2D eigenvalue weighted by atomic mass is 9.89. The highest BCUT2D eigenvalue weighted by Gasteiger charge is 2.34. The predicted molar refractivity (Wildman–Crippen MR) is 107 cm³/mol. The SMILES string of the molecule is CC(C)(CNCC(C)(C)CNC(C(=O)O)C(O)C(=O)O)CNC(C(=O)O)C(O)C(=O)O. The third-order valence-electron chi connectivity index (χ3n) is 4.48. The summed E-state index contributed by atoms with van der Waals surface area (Å²) in [5.41, 5.74) is -1.09. The Hall–Kier alpha value is -2.32. The van der Waals surface area contributed by atoms with Crippen molar-refractivity contribution >= 4 is 23.9 Å². The van der Waals surface area contributed by atoms with Crippen LogP contribution in [0.4, 0.5) is 0 Å². The first-order valence-electron chi connectivity index (χ1n) is 9.45. The van der Waals surface area contributed by atoms with Crippen molar-refractivity contribution in [2.75, 3.05) is 26.2 Å². The smallest absolute Gasteiger partial charge is 0.334 e. The molecule has 0 aliphatic carbocycles. The lowest BCUT2D eigenvalue weighted by molar-refractivity contribution is -0.156. The van der Waals surface area contributed by atoms with Crippen LogP contribution in [0, 0.1) is 10.8 Å². The average Bonchev–Trinajstić information content (AvgIpc) is 2.60. The molecule has 0 amide bonds. The highest BCUT2D eigenvalue weighted by Crippen LogP contribution is 2.16. The van der Waals surface area contributed by atoms with E-state index in [1.807, 2.05) is 0 Å². The molecule has 13 nitrogen and oxygen atoms in total. The van der Waals surface area contributed by atoms with Crippen molar-refractivity contribution in [3.05, 3.63) is 0 Å². The van der Waals surface area contributed by atoms with Crippen LogP contribution in [0.5, 0.6) is 0 Å². The first-order chi connectivity index (χ1) is 14.0. The van der Waals surface area contributed by atoms with Crippen LogP contribution in [-0.2, 0) is 19.2 Å². The average molecular weight is 451 g/mol. The van der Waals surface area contributed by atoms with E-state index < -0.39 is 59.0 Å². The maximum atomic E-state index is 11.2. The van der Waals surface area contributed by atoms with Crippen LogP contribution in [0.25, 0.3) is 0 Å². The molecular weight excluding hydrogens is 418 g/mol. The Morgan fingerprint density at radius 1 is 0.613 bits per heavy atom. The standard InChI is InChI=1S/C18H33N3O10/c1-17(2,7-20-9(13(24)25)11(22)15(28)29)5-19-6-18(3,4)8-21-10(14(26)27)12(23)16(30)31/h9-12,19-23H,5-8H2,1-4H3,(H,24,25)(H,26,27)(H,28,29)(H,30,31). The Balaban J connectivity index is 4.70. The highest BCUT2D eigenvalue weighted by atomic mass is 16.4. The van der Waals surface area contributed by atoms with Gasteiger partial charge in [-0.25, -0.2) is 9.59 Å². The largest absolute Gasteiger partial charge is 0.480 e. The second kappa shape index (κ2) is 11.9. The van der Waals surface area contributed by atoms with E-state index in [0.29, 0.717) is 13.1 Å².